The summed E-state index contributed by atoms with van der Waals surface area (Å²) in [7, 11) is 1.52. The van der Waals surface area contributed by atoms with Gasteiger partial charge in [-0.25, -0.2) is 4.57 Å². The molecule has 0 aliphatic heterocycles. The predicted octanol–water partition coefficient (Wildman–Crippen LogP) is 4.95. The summed E-state index contributed by atoms with van der Waals surface area (Å²) >= 11 is 0. The Kier molecular flexibility index (Phi) is 25.9. The Bertz CT molecular complexity index is 537. The van der Waals surface area contributed by atoms with Gasteiger partial charge < -0.3 is 29.2 Å². The van der Waals surface area contributed by atoms with Crippen LogP contribution in [-0.2, 0) is 18.6 Å². The number of ether oxygens (including phenoxy) is 1. The first kappa shape index (κ1) is 37.6. The number of rotatable bonds is 23. The first-order chi connectivity index (χ1) is 16.9. The highest BCUT2D eigenvalue weighted by Crippen LogP contribution is 2.35. The highest BCUT2D eigenvalue weighted by molar-refractivity contribution is 7.46. The van der Waals surface area contributed by atoms with Gasteiger partial charge in [0.1, 0.15) is 12.6 Å². The minimum Gasteiger partial charge on any atom is -0.457 e. The van der Waals surface area contributed by atoms with Crippen LogP contribution < -0.4 is 0 Å². The Labute approximate surface area is 220 Å². The summed E-state index contributed by atoms with van der Waals surface area (Å²) < 4.78 is 20.7. The van der Waals surface area contributed by atoms with Crippen molar-refractivity contribution in [3.8, 4) is 0 Å². The van der Waals surface area contributed by atoms with Gasteiger partial charge >= 0.3 is 13.8 Å². The molecule has 0 aromatic carbocycles. The average molecular weight is 543 g/mol. The Balaban J connectivity index is 0. The second kappa shape index (κ2) is 24.8. The number of phosphoric acid groups is 1. The van der Waals surface area contributed by atoms with E-state index in [-0.39, 0.29) is 13.0 Å². The minimum absolute atomic E-state index is 0.241. The summed E-state index contributed by atoms with van der Waals surface area (Å²) in [5, 5.41) is 17.5. The van der Waals surface area contributed by atoms with E-state index >= 15 is 0 Å². The topological polar surface area (TPSA) is 134 Å². The maximum absolute atomic E-state index is 11.7. The van der Waals surface area contributed by atoms with Crippen molar-refractivity contribution >= 4 is 13.8 Å². The van der Waals surface area contributed by atoms with Crippen LogP contribution in [-0.4, -0.2) is 84.1 Å². The summed E-state index contributed by atoms with van der Waals surface area (Å²) in [5.41, 5.74) is 0. The largest absolute Gasteiger partial charge is 0.469 e. The fourth-order valence-corrected chi connectivity index (χ4v) is 3.85. The molecule has 0 aliphatic rings. The summed E-state index contributed by atoms with van der Waals surface area (Å²) in [6.07, 6.45) is 17.9. The molecule has 36 heavy (non-hydrogen) atoms. The molecule has 218 valence electrons. The van der Waals surface area contributed by atoms with Crippen LogP contribution in [0.3, 0.4) is 0 Å². The van der Waals surface area contributed by atoms with Gasteiger partial charge in [0.25, 0.3) is 0 Å². The molecule has 0 aliphatic carbocycles. The lowest BCUT2D eigenvalue weighted by Crippen LogP contribution is -2.36. The maximum atomic E-state index is 11.7. The molecule has 0 heterocycles. The van der Waals surface area contributed by atoms with Crippen molar-refractivity contribution in [2.45, 2.75) is 116 Å². The van der Waals surface area contributed by atoms with Gasteiger partial charge in [0.2, 0.25) is 0 Å². The third-order valence-corrected chi connectivity index (χ3v) is 6.17. The lowest BCUT2D eigenvalue weighted by molar-refractivity contribution is -0.870. The highest BCUT2D eigenvalue weighted by atomic mass is 31.2. The smallest absolute Gasteiger partial charge is 0.457 e. The molecule has 0 aromatic rings. The zero-order valence-electron chi connectivity index (χ0n) is 23.5. The van der Waals surface area contributed by atoms with Gasteiger partial charge in [-0.3, -0.25) is 9.32 Å². The molecular formula is C26H57NO8P+. The number of likely N-dealkylation sites (N-methyl/N-ethyl adjacent to an activating group) is 1. The molecule has 1 unspecified atom stereocenters. The van der Waals surface area contributed by atoms with Gasteiger partial charge in [0, 0.05) is 6.42 Å². The Hall–Kier alpha value is -0.540. The number of carbonyl (C=O) groups is 1. The number of hydrogen-bond donors (Lipinski definition) is 4. The molecule has 0 radical (unpaired) electrons. The summed E-state index contributed by atoms with van der Waals surface area (Å²) in [6.45, 7) is 2.30. The zero-order chi connectivity index (χ0) is 27.7. The van der Waals surface area contributed by atoms with E-state index < -0.39 is 33.1 Å². The van der Waals surface area contributed by atoms with Gasteiger partial charge in [-0.2, -0.15) is 0 Å². The number of quaternary nitrogens is 1. The molecule has 0 amide bonds. The van der Waals surface area contributed by atoms with E-state index in [9.17, 15) is 9.36 Å². The lowest BCUT2D eigenvalue weighted by Gasteiger charge is -2.21. The van der Waals surface area contributed by atoms with Crippen LogP contribution in [0.1, 0.15) is 110 Å². The average Bonchev–Trinajstić information content (AvgIpc) is 2.78. The van der Waals surface area contributed by atoms with Crippen molar-refractivity contribution in [2.75, 3.05) is 47.5 Å². The second-order valence-electron chi connectivity index (χ2n) is 10.5. The molecule has 0 spiro atoms. The third kappa shape index (κ3) is 33.5. The molecule has 0 aromatic heterocycles. The predicted molar refractivity (Wildman–Crippen MR) is 144 cm³/mol. The molecule has 0 fully saturated rings. The number of carbonyl (C=O) groups excluding carboxylic acids is 1. The fraction of sp³-hybridized carbons (Fsp3) is 0.962. The number of phosphoric ester groups is 1. The second-order valence-corrected chi connectivity index (χ2v) is 11.8. The van der Waals surface area contributed by atoms with Crippen LogP contribution >= 0.6 is 7.82 Å². The maximum Gasteiger partial charge on any atom is 0.469 e. The van der Waals surface area contributed by atoms with Crippen LogP contribution in [0.25, 0.3) is 0 Å². The van der Waals surface area contributed by atoms with E-state index in [0.717, 1.165) is 23.9 Å². The summed E-state index contributed by atoms with van der Waals surface area (Å²) in [4.78, 5) is 28.9. The van der Waals surface area contributed by atoms with Crippen molar-refractivity contribution in [2.24, 2.45) is 0 Å². The van der Waals surface area contributed by atoms with Crippen LogP contribution in [0.15, 0.2) is 0 Å². The molecule has 0 saturated heterocycles. The quantitative estimate of drug-likeness (QED) is 0.0617. The number of aliphatic hydroxyl groups is 2. The third-order valence-electron chi connectivity index (χ3n) is 5.69. The first-order valence-corrected chi connectivity index (χ1v) is 15.4. The van der Waals surface area contributed by atoms with E-state index in [1.165, 1.54) is 77.0 Å². The van der Waals surface area contributed by atoms with E-state index in [1.807, 2.05) is 0 Å². The van der Waals surface area contributed by atoms with Crippen LogP contribution in [0.2, 0.25) is 0 Å². The fourth-order valence-electron chi connectivity index (χ4n) is 3.49. The van der Waals surface area contributed by atoms with Gasteiger partial charge in [0.15, 0.2) is 0 Å². The highest BCUT2D eigenvalue weighted by Gasteiger charge is 2.20. The van der Waals surface area contributed by atoms with E-state index in [4.69, 9.17) is 24.7 Å². The molecule has 4 N–H and O–H groups in total. The van der Waals surface area contributed by atoms with Crippen molar-refractivity contribution in [1.82, 2.24) is 0 Å². The summed E-state index contributed by atoms with van der Waals surface area (Å²) in [6, 6.07) is 0. The number of aliphatic hydroxyl groups excluding tert-OH is 2. The molecule has 0 saturated carbocycles. The SMILES string of the molecule is CCCCCCCCCCCCCCCCCC(=O)OC(CO)COP(=O)(O)O.C[N+](C)(C)CCO. The monoisotopic (exact) mass is 542 g/mol. The van der Waals surface area contributed by atoms with Crippen molar-refractivity contribution in [1.29, 1.82) is 0 Å². The van der Waals surface area contributed by atoms with Crippen LogP contribution in [0, 0.1) is 0 Å². The Morgan fingerprint density at radius 3 is 1.50 bits per heavy atom. The molecule has 1 atom stereocenters. The molecular weight excluding hydrogens is 485 g/mol. The van der Waals surface area contributed by atoms with Gasteiger partial charge in [-0.05, 0) is 6.42 Å². The van der Waals surface area contributed by atoms with E-state index in [0.29, 0.717) is 6.42 Å². The number of nitrogens with zero attached hydrogens (tertiary/aromatic N) is 1. The molecule has 0 rings (SSSR count). The van der Waals surface area contributed by atoms with Crippen molar-refractivity contribution in [3.63, 3.8) is 0 Å². The number of esters is 1. The number of hydrogen-bond acceptors (Lipinski definition) is 6. The molecule has 0 bridgehead atoms. The van der Waals surface area contributed by atoms with E-state index in [2.05, 4.69) is 32.6 Å². The lowest BCUT2D eigenvalue weighted by atomic mass is 10.0. The van der Waals surface area contributed by atoms with Crippen LogP contribution in [0.5, 0.6) is 0 Å². The Morgan fingerprint density at radius 1 is 0.778 bits per heavy atom. The standard InChI is InChI=1S/C21H43O7P.C5H14NO/c1-2-3-4-5-6-7-8-9-10-11-12-13-14-15-16-17-21(23)28-20(18-22)19-27-29(24,25)26;1-6(2,3)4-5-7/h20,22H,2-19H2,1H3,(H2,24,25,26);7H,4-5H2,1-3H3/q;+1. The first-order valence-electron chi connectivity index (χ1n) is 13.9. The van der Waals surface area contributed by atoms with Gasteiger partial charge in [-0.1, -0.05) is 96.8 Å². The summed E-state index contributed by atoms with van der Waals surface area (Å²) in [5.74, 6) is -0.479. The van der Waals surface area contributed by atoms with Gasteiger partial charge in [-0.15, -0.1) is 0 Å². The Morgan fingerprint density at radius 2 is 1.19 bits per heavy atom. The van der Waals surface area contributed by atoms with Gasteiger partial charge in [0.05, 0.1) is 41.0 Å². The zero-order valence-corrected chi connectivity index (χ0v) is 24.4. The van der Waals surface area contributed by atoms with Crippen LogP contribution in [0.4, 0.5) is 0 Å². The normalized spacial score (nSPS) is 12.7. The van der Waals surface area contributed by atoms with E-state index in [1.54, 1.807) is 0 Å². The molecule has 9 nitrogen and oxygen atoms in total. The minimum atomic E-state index is -4.63. The van der Waals surface area contributed by atoms with Crippen molar-refractivity contribution in [3.05, 3.63) is 0 Å². The number of unbranched alkanes of at least 4 members (excludes halogenated alkanes) is 14. The molecule has 10 heteroatoms. The van der Waals surface area contributed by atoms with Crippen molar-refractivity contribution < 1.29 is 43.1 Å².